The minimum absolute atomic E-state index is 0.0909. The Morgan fingerprint density at radius 3 is 2.56 bits per heavy atom. The first-order chi connectivity index (χ1) is 15.2. The minimum atomic E-state index is -3.72. The topological polar surface area (TPSA) is 97.4 Å². The number of aromatic nitrogens is 1. The first-order valence-corrected chi connectivity index (χ1v) is 13.1. The Bertz CT molecular complexity index is 1150. The summed E-state index contributed by atoms with van der Waals surface area (Å²) >= 11 is 4.72. The molecule has 2 N–H and O–H groups in total. The summed E-state index contributed by atoms with van der Waals surface area (Å²) in [5.41, 5.74) is 1.75. The van der Waals surface area contributed by atoms with Crippen molar-refractivity contribution in [1.82, 2.24) is 4.98 Å². The number of rotatable bonds is 10. The van der Waals surface area contributed by atoms with Gasteiger partial charge in [-0.05, 0) is 70.2 Å². The Morgan fingerprint density at radius 2 is 1.94 bits per heavy atom. The number of hydrogen-bond donors (Lipinski definition) is 2. The van der Waals surface area contributed by atoms with E-state index >= 15 is 0 Å². The lowest BCUT2D eigenvalue weighted by molar-refractivity contribution is -0.116. The van der Waals surface area contributed by atoms with Gasteiger partial charge in [-0.1, -0.05) is 19.9 Å². The molecule has 0 saturated carbocycles. The van der Waals surface area contributed by atoms with Gasteiger partial charge in [0.1, 0.15) is 5.75 Å². The molecule has 0 spiro atoms. The van der Waals surface area contributed by atoms with Crippen LogP contribution in [-0.2, 0) is 14.8 Å². The molecule has 0 fully saturated rings. The smallest absolute Gasteiger partial charge is 0.263 e. The Kier molecular flexibility index (Phi) is 8.27. The van der Waals surface area contributed by atoms with Crippen LogP contribution in [0.5, 0.6) is 5.75 Å². The van der Waals surface area contributed by atoms with Crippen LogP contribution in [0.3, 0.4) is 0 Å². The van der Waals surface area contributed by atoms with Gasteiger partial charge in [-0.2, -0.15) is 0 Å². The van der Waals surface area contributed by atoms with Crippen LogP contribution in [0.25, 0.3) is 0 Å². The van der Waals surface area contributed by atoms with Gasteiger partial charge in [0.15, 0.2) is 5.13 Å². The summed E-state index contributed by atoms with van der Waals surface area (Å²) in [6.07, 6.45) is 2.36. The summed E-state index contributed by atoms with van der Waals surface area (Å²) in [7, 11) is -3.72. The molecule has 0 aliphatic heterocycles. The molecule has 0 radical (unpaired) electrons. The quantitative estimate of drug-likeness (QED) is 0.326. The molecule has 0 saturated heterocycles. The SMILES string of the molecule is CC(C)c1ccc(OCCCC(=O)Nc2ccc(S(=O)(=O)Nc3nccs3)cc2)c(Br)c1. The molecule has 2 aromatic carbocycles. The third-order valence-electron chi connectivity index (χ3n) is 4.53. The van der Waals surface area contributed by atoms with Crippen molar-refractivity contribution in [3.63, 3.8) is 0 Å². The third kappa shape index (κ3) is 6.78. The number of anilines is 2. The molecule has 0 unspecified atom stereocenters. The maximum absolute atomic E-state index is 12.4. The van der Waals surface area contributed by atoms with Gasteiger partial charge in [0.05, 0.1) is 16.0 Å². The second kappa shape index (κ2) is 10.9. The monoisotopic (exact) mass is 537 g/mol. The van der Waals surface area contributed by atoms with Crippen LogP contribution < -0.4 is 14.8 Å². The highest BCUT2D eigenvalue weighted by atomic mass is 79.9. The van der Waals surface area contributed by atoms with Gasteiger partial charge in [0, 0.05) is 23.7 Å². The zero-order valence-corrected chi connectivity index (χ0v) is 20.9. The molecule has 1 heterocycles. The van der Waals surface area contributed by atoms with Gasteiger partial charge < -0.3 is 10.1 Å². The number of halogens is 1. The van der Waals surface area contributed by atoms with Crippen LogP contribution in [0.2, 0.25) is 0 Å². The molecule has 0 aliphatic carbocycles. The van der Waals surface area contributed by atoms with Crippen molar-refractivity contribution >= 4 is 54.0 Å². The number of amides is 1. The number of carbonyl (C=O) groups is 1. The second-order valence-corrected chi connectivity index (χ2v) is 10.7. The first kappa shape index (κ1) is 24.2. The Labute approximate surface area is 200 Å². The van der Waals surface area contributed by atoms with Gasteiger partial charge in [-0.3, -0.25) is 9.52 Å². The first-order valence-electron chi connectivity index (χ1n) is 9.99. The predicted octanol–water partition coefficient (Wildman–Crippen LogP) is 5.63. The van der Waals surface area contributed by atoms with E-state index in [0.717, 1.165) is 10.2 Å². The Morgan fingerprint density at radius 1 is 1.19 bits per heavy atom. The fourth-order valence-corrected chi connectivity index (χ4v) is 5.10. The highest BCUT2D eigenvalue weighted by Gasteiger charge is 2.15. The Balaban J connectivity index is 1.45. The van der Waals surface area contributed by atoms with Crippen LogP contribution in [0, 0.1) is 0 Å². The van der Waals surface area contributed by atoms with Gasteiger partial charge >= 0.3 is 0 Å². The van der Waals surface area contributed by atoms with E-state index in [1.54, 1.807) is 17.5 Å². The van der Waals surface area contributed by atoms with E-state index in [0.29, 0.717) is 29.8 Å². The molecule has 1 aromatic heterocycles. The van der Waals surface area contributed by atoms with E-state index in [9.17, 15) is 13.2 Å². The van der Waals surface area contributed by atoms with E-state index < -0.39 is 10.0 Å². The maximum Gasteiger partial charge on any atom is 0.263 e. The third-order valence-corrected chi connectivity index (χ3v) is 7.32. The molecule has 170 valence electrons. The van der Waals surface area contributed by atoms with Gasteiger partial charge in [-0.25, -0.2) is 13.4 Å². The van der Waals surface area contributed by atoms with E-state index in [4.69, 9.17) is 4.74 Å². The summed E-state index contributed by atoms with van der Waals surface area (Å²) < 4.78 is 33.8. The Hall–Kier alpha value is -2.43. The molecular formula is C22H24BrN3O4S2. The van der Waals surface area contributed by atoms with Gasteiger partial charge in [0.25, 0.3) is 10.0 Å². The normalized spacial score (nSPS) is 11.4. The van der Waals surface area contributed by atoms with E-state index in [2.05, 4.69) is 44.8 Å². The number of nitrogens with one attached hydrogen (secondary N) is 2. The number of sulfonamides is 1. The van der Waals surface area contributed by atoms with Crippen LogP contribution in [0.4, 0.5) is 10.8 Å². The van der Waals surface area contributed by atoms with E-state index in [1.165, 1.54) is 35.2 Å². The number of thiazole rings is 1. The minimum Gasteiger partial charge on any atom is -0.492 e. The molecule has 0 atom stereocenters. The van der Waals surface area contributed by atoms with Crippen molar-refractivity contribution < 1.29 is 17.9 Å². The highest BCUT2D eigenvalue weighted by molar-refractivity contribution is 9.10. The van der Waals surface area contributed by atoms with Crippen LogP contribution in [0.15, 0.2) is 63.4 Å². The van der Waals surface area contributed by atoms with Crippen molar-refractivity contribution in [2.75, 3.05) is 16.6 Å². The molecule has 7 nitrogen and oxygen atoms in total. The maximum atomic E-state index is 12.4. The summed E-state index contributed by atoms with van der Waals surface area (Å²) in [6, 6.07) is 12.0. The number of carbonyl (C=O) groups excluding carboxylic acids is 1. The van der Waals surface area contributed by atoms with Crippen molar-refractivity contribution in [3.8, 4) is 5.75 Å². The molecular weight excluding hydrogens is 514 g/mol. The molecule has 3 rings (SSSR count). The number of nitrogens with zero attached hydrogens (tertiary/aromatic N) is 1. The number of ether oxygens (including phenoxy) is 1. The zero-order valence-electron chi connectivity index (χ0n) is 17.7. The molecule has 3 aromatic rings. The standard InChI is InChI=1S/C22H24BrN3O4S2/c1-15(2)16-5-10-20(19(23)14-16)30-12-3-4-21(27)25-17-6-8-18(9-7-17)32(28,29)26-22-24-11-13-31-22/h5-11,13-15H,3-4,12H2,1-2H3,(H,24,26)(H,25,27). The van der Waals surface area contributed by atoms with Crippen LogP contribution >= 0.6 is 27.3 Å². The highest BCUT2D eigenvalue weighted by Crippen LogP contribution is 2.29. The molecule has 0 aliphatic rings. The number of benzene rings is 2. The molecule has 32 heavy (non-hydrogen) atoms. The van der Waals surface area contributed by atoms with Crippen molar-refractivity contribution in [2.45, 2.75) is 37.5 Å². The summed E-state index contributed by atoms with van der Waals surface area (Å²) in [4.78, 5) is 16.2. The second-order valence-electron chi connectivity index (χ2n) is 7.31. The van der Waals surface area contributed by atoms with Crippen molar-refractivity contribution in [1.29, 1.82) is 0 Å². The summed E-state index contributed by atoms with van der Waals surface area (Å²) in [5.74, 6) is 1.02. The van der Waals surface area contributed by atoms with E-state index in [-0.39, 0.29) is 17.2 Å². The lowest BCUT2D eigenvalue weighted by atomic mass is 10.0. The fraction of sp³-hybridized carbons (Fsp3) is 0.273. The average Bonchev–Trinajstić information content (AvgIpc) is 3.24. The van der Waals surface area contributed by atoms with Gasteiger partial charge in [-0.15, -0.1) is 11.3 Å². The van der Waals surface area contributed by atoms with E-state index in [1.807, 2.05) is 18.2 Å². The zero-order chi connectivity index (χ0) is 23.1. The van der Waals surface area contributed by atoms with Crippen LogP contribution in [0.1, 0.15) is 38.2 Å². The molecule has 10 heteroatoms. The van der Waals surface area contributed by atoms with Gasteiger partial charge in [0.2, 0.25) is 5.91 Å². The molecule has 0 bridgehead atoms. The average molecular weight is 538 g/mol. The van der Waals surface area contributed by atoms with Crippen molar-refractivity contribution in [3.05, 3.63) is 64.1 Å². The lowest BCUT2D eigenvalue weighted by Crippen LogP contribution is -2.14. The van der Waals surface area contributed by atoms with Crippen LogP contribution in [-0.4, -0.2) is 25.9 Å². The largest absolute Gasteiger partial charge is 0.492 e. The van der Waals surface area contributed by atoms with Crippen molar-refractivity contribution in [2.24, 2.45) is 0 Å². The fourth-order valence-electron chi connectivity index (χ4n) is 2.80. The summed E-state index contributed by atoms with van der Waals surface area (Å²) in [6.45, 7) is 4.67. The number of hydrogen-bond acceptors (Lipinski definition) is 6. The predicted molar refractivity (Wildman–Crippen MR) is 131 cm³/mol. The summed E-state index contributed by atoms with van der Waals surface area (Å²) in [5, 5.41) is 4.75. The molecule has 1 amide bonds. The lowest BCUT2D eigenvalue weighted by Gasteiger charge is -2.11.